The van der Waals surface area contributed by atoms with Gasteiger partial charge >= 0.3 is 0 Å². The lowest BCUT2D eigenvalue weighted by Gasteiger charge is -2.33. The molecule has 1 aromatic heterocycles. The number of carbonyl (C=O) groups excluding carboxylic acids is 1. The molecule has 1 fully saturated rings. The van der Waals surface area contributed by atoms with E-state index in [-0.39, 0.29) is 5.91 Å². The Hall–Kier alpha value is -3.14. The summed E-state index contributed by atoms with van der Waals surface area (Å²) >= 11 is 0. The number of nitrogens with zero attached hydrogens (tertiary/aromatic N) is 2. The number of nitrogens with one attached hydrogen (secondary N) is 1. The van der Waals surface area contributed by atoms with Crippen LogP contribution in [0.4, 0.5) is 11.5 Å². The summed E-state index contributed by atoms with van der Waals surface area (Å²) in [4.78, 5) is 19.2. The van der Waals surface area contributed by atoms with Crippen LogP contribution in [0.15, 0.2) is 72.9 Å². The number of piperidine rings is 1. The summed E-state index contributed by atoms with van der Waals surface area (Å²) in [5.74, 6) is 1.43. The molecule has 142 valence electrons. The van der Waals surface area contributed by atoms with Gasteiger partial charge in [0.05, 0.1) is 5.56 Å². The minimum atomic E-state index is -0.136. The number of rotatable bonds is 4. The maximum absolute atomic E-state index is 12.4. The molecule has 0 spiro atoms. The number of hydrogen-bond acceptors (Lipinski definition) is 3. The van der Waals surface area contributed by atoms with E-state index >= 15 is 0 Å². The third-order valence-corrected chi connectivity index (χ3v) is 5.49. The minimum absolute atomic E-state index is 0.136. The maximum atomic E-state index is 12.4. The van der Waals surface area contributed by atoms with Crippen LogP contribution >= 0.6 is 0 Å². The molecule has 0 atom stereocenters. The normalized spacial score (nSPS) is 14.7. The van der Waals surface area contributed by atoms with Gasteiger partial charge in [-0.1, -0.05) is 42.5 Å². The molecular weight excluding hydrogens is 346 g/mol. The first kappa shape index (κ1) is 18.2. The Labute approximate surface area is 166 Å². The Morgan fingerprint density at radius 3 is 2.36 bits per heavy atom. The second-order valence-corrected chi connectivity index (χ2v) is 7.34. The van der Waals surface area contributed by atoms with E-state index in [2.05, 4.69) is 46.4 Å². The molecule has 1 aliphatic heterocycles. The largest absolute Gasteiger partial charge is 0.357 e. The monoisotopic (exact) mass is 371 g/mol. The van der Waals surface area contributed by atoms with Crippen molar-refractivity contribution < 1.29 is 4.79 Å². The predicted molar refractivity (Wildman–Crippen MR) is 114 cm³/mol. The van der Waals surface area contributed by atoms with Crippen molar-refractivity contribution in [1.82, 2.24) is 4.98 Å². The number of aromatic nitrogens is 1. The van der Waals surface area contributed by atoms with Gasteiger partial charge in [0.1, 0.15) is 5.82 Å². The van der Waals surface area contributed by atoms with E-state index in [1.54, 1.807) is 6.20 Å². The molecule has 0 radical (unpaired) electrons. The number of aryl methyl sites for hydroxylation is 1. The van der Waals surface area contributed by atoms with Crippen molar-refractivity contribution >= 4 is 17.4 Å². The first-order valence-electron chi connectivity index (χ1n) is 9.83. The van der Waals surface area contributed by atoms with E-state index in [1.807, 2.05) is 42.5 Å². The molecule has 1 aliphatic rings. The van der Waals surface area contributed by atoms with E-state index < -0.39 is 0 Å². The molecule has 1 saturated heterocycles. The Kier molecular flexibility index (Phi) is 5.38. The van der Waals surface area contributed by atoms with Crippen molar-refractivity contribution in [2.45, 2.75) is 25.7 Å². The summed E-state index contributed by atoms with van der Waals surface area (Å²) in [5, 5.41) is 2.89. The number of hydrogen-bond donors (Lipinski definition) is 1. The Balaban J connectivity index is 1.37. The third-order valence-electron chi connectivity index (χ3n) is 5.49. The summed E-state index contributed by atoms with van der Waals surface area (Å²) in [5.41, 5.74) is 4.22. The molecule has 4 nitrogen and oxygen atoms in total. The molecule has 28 heavy (non-hydrogen) atoms. The van der Waals surface area contributed by atoms with Gasteiger partial charge in [-0.2, -0.15) is 0 Å². The molecule has 4 rings (SSSR count). The number of pyridine rings is 1. The van der Waals surface area contributed by atoms with Crippen LogP contribution in [0.25, 0.3) is 0 Å². The van der Waals surface area contributed by atoms with Crippen molar-refractivity contribution in [3.8, 4) is 0 Å². The van der Waals surface area contributed by atoms with Crippen LogP contribution < -0.4 is 10.2 Å². The Morgan fingerprint density at radius 2 is 1.68 bits per heavy atom. The SMILES string of the molecule is Cc1ccccc1C1CCN(c2ccc(C(=O)Nc3ccccc3)cn2)CC1. The van der Waals surface area contributed by atoms with Crippen LogP contribution in [0, 0.1) is 6.92 Å². The van der Waals surface area contributed by atoms with Crippen LogP contribution in [0.1, 0.15) is 40.2 Å². The molecule has 0 bridgehead atoms. The van der Waals surface area contributed by atoms with E-state index in [0.717, 1.165) is 37.4 Å². The van der Waals surface area contributed by atoms with Gasteiger partial charge in [0, 0.05) is 25.0 Å². The van der Waals surface area contributed by atoms with Crippen LogP contribution in [0.5, 0.6) is 0 Å². The van der Waals surface area contributed by atoms with E-state index in [1.165, 1.54) is 11.1 Å². The fourth-order valence-corrected chi connectivity index (χ4v) is 3.90. The average molecular weight is 371 g/mol. The number of anilines is 2. The molecule has 2 heterocycles. The van der Waals surface area contributed by atoms with Gasteiger partial charge in [-0.15, -0.1) is 0 Å². The second-order valence-electron chi connectivity index (χ2n) is 7.34. The maximum Gasteiger partial charge on any atom is 0.257 e. The minimum Gasteiger partial charge on any atom is -0.357 e. The highest BCUT2D eigenvalue weighted by atomic mass is 16.1. The van der Waals surface area contributed by atoms with Gasteiger partial charge in [-0.05, 0) is 61.1 Å². The van der Waals surface area contributed by atoms with Crippen LogP contribution in [0.3, 0.4) is 0 Å². The zero-order chi connectivity index (χ0) is 19.3. The van der Waals surface area contributed by atoms with Crippen molar-refractivity contribution in [2.75, 3.05) is 23.3 Å². The highest BCUT2D eigenvalue weighted by Gasteiger charge is 2.22. The number of carbonyl (C=O) groups is 1. The van der Waals surface area contributed by atoms with Gasteiger partial charge in [0.15, 0.2) is 0 Å². The first-order chi connectivity index (χ1) is 13.7. The van der Waals surface area contributed by atoms with Crippen LogP contribution in [-0.2, 0) is 0 Å². The Morgan fingerprint density at radius 1 is 0.964 bits per heavy atom. The van der Waals surface area contributed by atoms with Crippen molar-refractivity contribution in [3.63, 3.8) is 0 Å². The molecule has 2 aromatic carbocycles. The average Bonchev–Trinajstić information content (AvgIpc) is 2.75. The van der Waals surface area contributed by atoms with Crippen molar-refractivity contribution in [2.24, 2.45) is 0 Å². The van der Waals surface area contributed by atoms with Gasteiger partial charge in [0.25, 0.3) is 5.91 Å². The summed E-state index contributed by atoms with van der Waals surface area (Å²) in [6, 6.07) is 22.0. The summed E-state index contributed by atoms with van der Waals surface area (Å²) < 4.78 is 0. The molecule has 1 N–H and O–H groups in total. The number of amides is 1. The van der Waals surface area contributed by atoms with E-state index in [4.69, 9.17) is 0 Å². The zero-order valence-corrected chi connectivity index (χ0v) is 16.1. The van der Waals surface area contributed by atoms with Gasteiger partial charge < -0.3 is 10.2 Å². The number of para-hydroxylation sites is 1. The molecule has 4 heteroatoms. The first-order valence-corrected chi connectivity index (χ1v) is 9.83. The lowest BCUT2D eigenvalue weighted by Crippen LogP contribution is -2.33. The highest BCUT2D eigenvalue weighted by Crippen LogP contribution is 2.31. The van der Waals surface area contributed by atoms with E-state index in [9.17, 15) is 4.79 Å². The standard InChI is InChI=1S/C24H25N3O/c1-18-7-5-6-10-22(18)19-13-15-27(16-14-19)23-12-11-20(17-25-23)24(28)26-21-8-3-2-4-9-21/h2-12,17,19H,13-16H2,1H3,(H,26,28). The van der Waals surface area contributed by atoms with Crippen molar-refractivity contribution in [1.29, 1.82) is 0 Å². The van der Waals surface area contributed by atoms with Crippen LogP contribution in [-0.4, -0.2) is 24.0 Å². The highest BCUT2D eigenvalue weighted by molar-refractivity contribution is 6.04. The lowest BCUT2D eigenvalue weighted by atomic mass is 9.87. The number of benzene rings is 2. The molecule has 0 saturated carbocycles. The summed E-state index contributed by atoms with van der Waals surface area (Å²) in [7, 11) is 0. The van der Waals surface area contributed by atoms with Crippen LogP contribution in [0.2, 0.25) is 0 Å². The predicted octanol–water partition coefficient (Wildman–Crippen LogP) is 5.03. The van der Waals surface area contributed by atoms with Gasteiger partial charge in [0.2, 0.25) is 0 Å². The fraction of sp³-hybridized carbons (Fsp3) is 0.250. The molecular formula is C24H25N3O. The molecule has 1 amide bonds. The van der Waals surface area contributed by atoms with E-state index in [0.29, 0.717) is 11.5 Å². The fourth-order valence-electron chi connectivity index (χ4n) is 3.90. The summed E-state index contributed by atoms with van der Waals surface area (Å²) in [6.45, 7) is 4.17. The summed E-state index contributed by atoms with van der Waals surface area (Å²) in [6.07, 6.45) is 3.92. The molecule has 0 unspecified atom stereocenters. The molecule has 3 aromatic rings. The second kappa shape index (κ2) is 8.26. The molecule has 0 aliphatic carbocycles. The zero-order valence-electron chi connectivity index (χ0n) is 16.1. The third kappa shape index (κ3) is 4.06. The van der Waals surface area contributed by atoms with Gasteiger partial charge in [-0.3, -0.25) is 4.79 Å². The Bertz CT molecular complexity index is 930. The topological polar surface area (TPSA) is 45.2 Å². The lowest BCUT2D eigenvalue weighted by molar-refractivity contribution is 0.102. The van der Waals surface area contributed by atoms with Gasteiger partial charge in [-0.25, -0.2) is 4.98 Å². The quantitative estimate of drug-likeness (QED) is 0.700. The smallest absolute Gasteiger partial charge is 0.257 e. The van der Waals surface area contributed by atoms with Crippen molar-refractivity contribution in [3.05, 3.63) is 89.6 Å².